The molecule has 7 nitrogen and oxygen atoms in total. The maximum absolute atomic E-state index is 12.7. The van der Waals surface area contributed by atoms with Gasteiger partial charge in [0.15, 0.2) is 5.82 Å². The highest BCUT2D eigenvalue weighted by atomic mass is 16.5. The number of aryl methyl sites for hydroxylation is 2. The van der Waals surface area contributed by atoms with Gasteiger partial charge in [0.05, 0.1) is 0 Å². The number of benzene rings is 1. The monoisotopic (exact) mass is 358 g/mol. The van der Waals surface area contributed by atoms with Crippen LogP contribution >= 0.6 is 0 Å². The Morgan fingerprint density at radius 1 is 1.19 bits per heavy atom. The lowest BCUT2D eigenvalue weighted by Crippen LogP contribution is -2.42. The molecule has 0 saturated heterocycles. The molecule has 3 amide bonds. The second-order valence-electron chi connectivity index (χ2n) is 6.82. The Bertz CT molecular complexity index is 783. The van der Waals surface area contributed by atoms with Gasteiger partial charge in [0, 0.05) is 18.3 Å². The SMILES string of the molecule is Cc1cc(NC(=O)CN(CC(C)C)C(=O)Nc2cccc(C)c2C)no1. The molecule has 2 aromatic rings. The van der Waals surface area contributed by atoms with Crippen LogP contribution in [0.5, 0.6) is 0 Å². The summed E-state index contributed by atoms with van der Waals surface area (Å²) < 4.78 is 4.93. The first-order chi connectivity index (χ1) is 12.3. The van der Waals surface area contributed by atoms with Crippen LogP contribution in [0.25, 0.3) is 0 Å². The first-order valence-corrected chi connectivity index (χ1v) is 8.61. The Morgan fingerprint density at radius 3 is 2.54 bits per heavy atom. The van der Waals surface area contributed by atoms with Crippen LogP contribution in [-0.2, 0) is 4.79 Å². The van der Waals surface area contributed by atoms with Crippen molar-refractivity contribution < 1.29 is 14.1 Å². The van der Waals surface area contributed by atoms with Gasteiger partial charge in [0.1, 0.15) is 12.3 Å². The molecule has 1 aromatic carbocycles. The molecule has 0 fully saturated rings. The number of nitrogens with zero attached hydrogens (tertiary/aromatic N) is 2. The molecule has 0 aliphatic rings. The van der Waals surface area contributed by atoms with Gasteiger partial charge in [-0.1, -0.05) is 31.1 Å². The van der Waals surface area contributed by atoms with E-state index in [0.717, 1.165) is 16.8 Å². The minimum Gasteiger partial charge on any atom is -0.360 e. The van der Waals surface area contributed by atoms with Crippen molar-refractivity contribution in [3.8, 4) is 0 Å². The van der Waals surface area contributed by atoms with Gasteiger partial charge in [0.25, 0.3) is 0 Å². The zero-order valence-corrected chi connectivity index (χ0v) is 15.9. The maximum Gasteiger partial charge on any atom is 0.322 e. The summed E-state index contributed by atoms with van der Waals surface area (Å²) in [6.07, 6.45) is 0. The first-order valence-electron chi connectivity index (χ1n) is 8.61. The van der Waals surface area contributed by atoms with Crippen LogP contribution in [0, 0.1) is 26.7 Å². The summed E-state index contributed by atoms with van der Waals surface area (Å²) >= 11 is 0. The largest absolute Gasteiger partial charge is 0.360 e. The van der Waals surface area contributed by atoms with Crippen LogP contribution < -0.4 is 10.6 Å². The number of anilines is 2. The summed E-state index contributed by atoms with van der Waals surface area (Å²) in [4.78, 5) is 26.5. The number of urea groups is 1. The average molecular weight is 358 g/mol. The molecule has 2 rings (SSSR count). The highest BCUT2D eigenvalue weighted by molar-refractivity contribution is 5.96. The molecule has 26 heavy (non-hydrogen) atoms. The van der Waals surface area contributed by atoms with Crippen LogP contribution in [0.4, 0.5) is 16.3 Å². The molecular formula is C19H26N4O3. The molecule has 0 spiro atoms. The minimum absolute atomic E-state index is 0.0687. The summed E-state index contributed by atoms with van der Waals surface area (Å²) in [6.45, 7) is 10.1. The maximum atomic E-state index is 12.7. The van der Waals surface area contributed by atoms with Crippen LogP contribution in [0.3, 0.4) is 0 Å². The molecule has 0 aliphatic carbocycles. The standard InChI is InChI=1S/C19H26N4O3/c1-12(2)10-23(11-18(24)21-17-9-14(4)26-22-17)19(25)20-16-8-6-7-13(3)15(16)5/h6-9,12H,10-11H2,1-5H3,(H,20,25)(H,21,22,24). The molecule has 0 atom stereocenters. The summed E-state index contributed by atoms with van der Waals surface area (Å²) in [5, 5.41) is 9.27. The number of aromatic nitrogens is 1. The number of rotatable bonds is 6. The molecule has 1 heterocycles. The van der Waals surface area contributed by atoms with E-state index in [0.29, 0.717) is 18.1 Å². The number of nitrogens with one attached hydrogen (secondary N) is 2. The number of carbonyl (C=O) groups is 2. The first kappa shape index (κ1) is 19.5. The zero-order valence-electron chi connectivity index (χ0n) is 15.9. The van der Waals surface area contributed by atoms with Gasteiger partial charge in [-0.2, -0.15) is 0 Å². The van der Waals surface area contributed by atoms with Crippen molar-refractivity contribution in [1.82, 2.24) is 10.1 Å². The predicted octanol–water partition coefficient (Wildman–Crippen LogP) is 3.73. The normalized spacial score (nSPS) is 10.7. The third kappa shape index (κ3) is 5.34. The summed E-state index contributed by atoms with van der Waals surface area (Å²) in [5.41, 5.74) is 2.85. The fourth-order valence-corrected chi connectivity index (χ4v) is 2.52. The highest BCUT2D eigenvalue weighted by Crippen LogP contribution is 2.18. The van der Waals surface area contributed by atoms with Crippen molar-refractivity contribution in [2.75, 3.05) is 23.7 Å². The topological polar surface area (TPSA) is 87.5 Å². The summed E-state index contributed by atoms with van der Waals surface area (Å²) in [5.74, 6) is 0.843. The van der Waals surface area contributed by atoms with Crippen molar-refractivity contribution in [3.63, 3.8) is 0 Å². The van der Waals surface area contributed by atoms with Gasteiger partial charge in [-0.25, -0.2) is 4.79 Å². The van der Waals surface area contributed by atoms with E-state index >= 15 is 0 Å². The summed E-state index contributed by atoms with van der Waals surface area (Å²) in [7, 11) is 0. The second-order valence-corrected chi connectivity index (χ2v) is 6.82. The molecular weight excluding hydrogens is 332 g/mol. The molecule has 0 radical (unpaired) electrons. The minimum atomic E-state index is -0.324. The third-order valence-electron chi connectivity index (χ3n) is 3.95. The third-order valence-corrected chi connectivity index (χ3v) is 3.95. The fourth-order valence-electron chi connectivity index (χ4n) is 2.52. The van der Waals surface area contributed by atoms with Crippen LogP contribution in [0.2, 0.25) is 0 Å². The van der Waals surface area contributed by atoms with Crippen LogP contribution in [0.15, 0.2) is 28.8 Å². The van der Waals surface area contributed by atoms with Crippen LogP contribution in [-0.4, -0.2) is 35.1 Å². The van der Waals surface area contributed by atoms with Crippen molar-refractivity contribution in [2.45, 2.75) is 34.6 Å². The Hall–Kier alpha value is -2.83. The van der Waals surface area contributed by atoms with Crippen molar-refractivity contribution in [2.24, 2.45) is 5.92 Å². The van der Waals surface area contributed by atoms with Crippen molar-refractivity contribution in [1.29, 1.82) is 0 Å². The molecule has 7 heteroatoms. The van der Waals surface area contributed by atoms with E-state index in [4.69, 9.17) is 4.52 Å². The smallest absolute Gasteiger partial charge is 0.322 e. The molecule has 2 N–H and O–H groups in total. The van der Waals surface area contributed by atoms with Gasteiger partial charge in [-0.15, -0.1) is 0 Å². The van der Waals surface area contributed by atoms with Crippen LogP contribution in [0.1, 0.15) is 30.7 Å². The van der Waals surface area contributed by atoms with Gasteiger partial charge < -0.3 is 20.1 Å². The molecule has 1 aromatic heterocycles. The number of amides is 3. The molecule has 140 valence electrons. The molecule has 0 aliphatic heterocycles. The lowest BCUT2D eigenvalue weighted by Gasteiger charge is -2.24. The molecule has 0 unspecified atom stereocenters. The summed E-state index contributed by atoms with van der Waals surface area (Å²) in [6, 6.07) is 7.06. The van der Waals surface area contributed by atoms with Gasteiger partial charge >= 0.3 is 6.03 Å². The highest BCUT2D eigenvalue weighted by Gasteiger charge is 2.20. The van der Waals surface area contributed by atoms with E-state index in [1.165, 1.54) is 4.90 Å². The Morgan fingerprint density at radius 2 is 1.92 bits per heavy atom. The van der Waals surface area contributed by atoms with E-state index in [9.17, 15) is 9.59 Å². The number of hydrogen-bond donors (Lipinski definition) is 2. The fraction of sp³-hybridized carbons (Fsp3) is 0.421. The van der Waals surface area contributed by atoms with E-state index < -0.39 is 0 Å². The second kappa shape index (κ2) is 8.51. The number of carbonyl (C=O) groups excluding carboxylic acids is 2. The van der Waals surface area contributed by atoms with Crippen molar-refractivity contribution in [3.05, 3.63) is 41.2 Å². The lowest BCUT2D eigenvalue weighted by molar-refractivity contribution is -0.116. The zero-order chi connectivity index (χ0) is 19.3. The predicted molar refractivity (Wildman–Crippen MR) is 101 cm³/mol. The van der Waals surface area contributed by atoms with E-state index in [-0.39, 0.29) is 24.4 Å². The van der Waals surface area contributed by atoms with Gasteiger partial charge in [0.2, 0.25) is 5.91 Å². The van der Waals surface area contributed by atoms with Gasteiger partial charge in [-0.3, -0.25) is 4.79 Å². The van der Waals surface area contributed by atoms with E-state index in [2.05, 4.69) is 15.8 Å². The molecule has 0 saturated carbocycles. The van der Waals surface area contributed by atoms with Crippen molar-refractivity contribution >= 4 is 23.4 Å². The number of hydrogen-bond acceptors (Lipinski definition) is 4. The van der Waals surface area contributed by atoms with E-state index in [1.807, 2.05) is 45.9 Å². The molecule has 0 bridgehead atoms. The Balaban J connectivity index is 2.06. The Labute approximate surface area is 153 Å². The average Bonchev–Trinajstić information content (AvgIpc) is 2.95. The van der Waals surface area contributed by atoms with E-state index in [1.54, 1.807) is 13.0 Å². The Kier molecular flexibility index (Phi) is 6.38. The van der Waals surface area contributed by atoms with Gasteiger partial charge in [-0.05, 0) is 43.9 Å². The lowest BCUT2D eigenvalue weighted by atomic mass is 10.1. The quantitative estimate of drug-likeness (QED) is 0.824.